The zero-order chi connectivity index (χ0) is 22.4. The monoisotopic (exact) mass is 420 g/mol. The summed E-state index contributed by atoms with van der Waals surface area (Å²) in [6, 6.07) is 7.00. The third-order valence-corrected chi connectivity index (χ3v) is 4.04. The van der Waals surface area contributed by atoms with Crippen molar-refractivity contribution in [1.82, 2.24) is 5.32 Å². The Morgan fingerprint density at radius 2 is 1.87 bits per heavy atom. The van der Waals surface area contributed by atoms with Crippen molar-refractivity contribution in [2.45, 2.75) is 64.5 Å². The molecule has 1 aromatic carbocycles. The lowest BCUT2D eigenvalue weighted by molar-refractivity contribution is -0.143. The average molecular weight is 421 g/mol. The number of hydrogen-bond donors (Lipinski definition) is 1. The smallest absolute Gasteiger partial charge is 0.408 e. The van der Waals surface area contributed by atoms with E-state index in [1.807, 2.05) is 24.3 Å². The van der Waals surface area contributed by atoms with Crippen LogP contribution in [0.15, 0.2) is 29.4 Å². The molecule has 0 bridgehead atoms. The number of nitrogens with zero attached hydrogens (tertiary/aromatic N) is 3. The standard InChI is InChI=1S/C21H32N4O5/c1-21(2,3)30-20(27)24-18(19(26)28-4)9-7-8-16-10-12-17(13-11-16)29-15-6-5-14-23-25-22/h10-13,18H,5-9,14-15H2,1-4H3,(H,24,27). The molecule has 166 valence electrons. The SMILES string of the molecule is COC(=O)C(CCCc1ccc(OCCCCN=[N+]=[N-])cc1)NC(=O)OC(C)(C)C. The van der Waals surface area contributed by atoms with Crippen molar-refractivity contribution >= 4 is 12.1 Å². The molecule has 1 N–H and O–H groups in total. The molecule has 30 heavy (non-hydrogen) atoms. The molecule has 1 unspecified atom stereocenters. The minimum atomic E-state index is -0.752. The highest BCUT2D eigenvalue weighted by Crippen LogP contribution is 2.15. The fraction of sp³-hybridized carbons (Fsp3) is 0.619. The number of nitrogens with one attached hydrogen (secondary N) is 1. The number of carbonyl (C=O) groups excluding carboxylic acids is 2. The number of carbonyl (C=O) groups is 2. The van der Waals surface area contributed by atoms with Crippen LogP contribution in [0.4, 0.5) is 4.79 Å². The van der Waals surface area contributed by atoms with Crippen molar-refractivity contribution in [2.24, 2.45) is 5.11 Å². The number of methoxy groups -OCH3 is 1. The predicted molar refractivity (Wildman–Crippen MR) is 113 cm³/mol. The van der Waals surface area contributed by atoms with Crippen molar-refractivity contribution in [3.63, 3.8) is 0 Å². The average Bonchev–Trinajstić information content (AvgIpc) is 2.69. The van der Waals surface area contributed by atoms with Gasteiger partial charge in [0.15, 0.2) is 0 Å². The molecule has 1 atom stereocenters. The first-order valence-corrected chi connectivity index (χ1v) is 10.0. The molecule has 9 heteroatoms. The van der Waals surface area contributed by atoms with Gasteiger partial charge in [0.25, 0.3) is 0 Å². The Balaban J connectivity index is 2.42. The van der Waals surface area contributed by atoms with E-state index in [-0.39, 0.29) is 0 Å². The zero-order valence-electron chi connectivity index (χ0n) is 18.2. The van der Waals surface area contributed by atoms with E-state index < -0.39 is 23.7 Å². The molecule has 0 aliphatic rings. The highest BCUT2D eigenvalue weighted by atomic mass is 16.6. The van der Waals surface area contributed by atoms with Gasteiger partial charge in [0.05, 0.1) is 13.7 Å². The highest BCUT2D eigenvalue weighted by Gasteiger charge is 2.24. The summed E-state index contributed by atoms with van der Waals surface area (Å²) in [5, 5.41) is 6.06. The Hall–Kier alpha value is -2.93. The van der Waals surface area contributed by atoms with Gasteiger partial charge >= 0.3 is 12.1 Å². The number of hydrogen-bond acceptors (Lipinski definition) is 6. The predicted octanol–water partition coefficient (Wildman–Crippen LogP) is 4.54. The Labute approximate surface area is 177 Å². The van der Waals surface area contributed by atoms with Gasteiger partial charge in [0, 0.05) is 11.5 Å². The molecule has 0 saturated heterocycles. The molecule has 1 amide bonds. The van der Waals surface area contributed by atoms with Crippen LogP contribution in [0.25, 0.3) is 10.4 Å². The van der Waals surface area contributed by atoms with Crippen molar-refractivity contribution in [2.75, 3.05) is 20.3 Å². The summed E-state index contributed by atoms with van der Waals surface area (Å²) < 4.78 is 15.6. The van der Waals surface area contributed by atoms with Gasteiger partial charge in [-0.2, -0.15) is 0 Å². The van der Waals surface area contributed by atoms with E-state index in [9.17, 15) is 9.59 Å². The van der Waals surface area contributed by atoms with E-state index in [1.165, 1.54) is 7.11 Å². The molecule has 0 saturated carbocycles. The lowest BCUT2D eigenvalue weighted by Gasteiger charge is -2.22. The number of unbranched alkanes of at least 4 members (excludes halogenated alkanes) is 1. The van der Waals surface area contributed by atoms with E-state index in [0.29, 0.717) is 26.0 Å². The molecule has 9 nitrogen and oxygen atoms in total. The number of amides is 1. The molecule has 0 aromatic heterocycles. The number of benzene rings is 1. The lowest BCUT2D eigenvalue weighted by atomic mass is 10.0. The van der Waals surface area contributed by atoms with Gasteiger partial charge in [-0.3, -0.25) is 0 Å². The largest absolute Gasteiger partial charge is 0.494 e. The molecule has 1 aromatic rings. The normalized spacial score (nSPS) is 11.7. The molecular weight excluding hydrogens is 388 g/mol. The third kappa shape index (κ3) is 11.2. The second-order valence-electron chi connectivity index (χ2n) is 7.77. The molecule has 0 radical (unpaired) electrons. The first-order chi connectivity index (χ1) is 14.2. The summed E-state index contributed by atoms with van der Waals surface area (Å²) in [4.78, 5) is 26.6. The topological polar surface area (TPSA) is 123 Å². The molecule has 0 heterocycles. The summed E-state index contributed by atoms with van der Waals surface area (Å²) in [6.07, 6.45) is 2.85. The maximum atomic E-state index is 12.0. The zero-order valence-corrected chi connectivity index (χ0v) is 18.2. The van der Waals surface area contributed by atoms with Crippen molar-refractivity contribution in [3.8, 4) is 5.75 Å². The first-order valence-electron chi connectivity index (χ1n) is 10.0. The number of ether oxygens (including phenoxy) is 3. The number of esters is 1. The van der Waals surface area contributed by atoms with Crippen molar-refractivity contribution in [1.29, 1.82) is 0 Å². The van der Waals surface area contributed by atoms with Crippen LogP contribution in [0.3, 0.4) is 0 Å². The second-order valence-corrected chi connectivity index (χ2v) is 7.77. The van der Waals surface area contributed by atoms with Crippen LogP contribution < -0.4 is 10.1 Å². The number of azide groups is 1. The van der Waals surface area contributed by atoms with E-state index in [2.05, 4.69) is 15.3 Å². The summed E-state index contributed by atoms with van der Waals surface area (Å²) in [5.41, 5.74) is 8.68. The van der Waals surface area contributed by atoms with Gasteiger partial charge in [-0.05, 0) is 76.1 Å². The van der Waals surface area contributed by atoms with Gasteiger partial charge in [-0.25, -0.2) is 9.59 Å². The van der Waals surface area contributed by atoms with Crippen molar-refractivity contribution in [3.05, 3.63) is 40.3 Å². The fourth-order valence-corrected chi connectivity index (χ4v) is 2.62. The maximum absolute atomic E-state index is 12.0. The molecule has 0 fully saturated rings. The van der Waals surface area contributed by atoms with Crippen LogP contribution in [0.1, 0.15) is 52.0 Å². The van der Waals surface area contributed by atoms with Crippen LogP contribution in [0.5, 0.6) is 5.75 Å². The quantitative estimate of drug-likeness (QED) is 0.175. The summed E-state index contributed by atoms with van der Waals surface area (Å²) in [6.45, 7) is 6.33. The van der Waals surface area contributed by atoms with E-state index >= 15 is 0 Å². The summed E-state index contributed by atoms with van der Waals surface area (Å²) in [5.74, 6) is 0.284. The minimum absolute atomic E-state index is 0.440. The fourth-order valence-electron chi connectivity index (χ4n) is 2.62. The van der Waals surface area contributed by atoms with E-state index in [0.717, 1.165) is 30.6 Å². The van der Waals surface area contributed by atoms with Gasteiger partial charge in [0.1, 0.15) is 17.4 Å². The molecule has 0 aliphatic carbocycles. The molecule has 0 spiro atoms. The summed E-state index contributed by atoms with van der Waals surface area (Å²) >= 11 is 0. The Morgan fingerprint density at radius 3 is 2.47 bits per heavy atom. The van der Waals surface area contributed by atoms with Gasteiger partial charge in [0.2, 0.25) is 0 Å². The Bertz CT molecular complexity index is 709. The summed E-state index contributed by atoms with van der Waals surface area (Å²) in [7, 11) is 1.29. The molecule has 1 rings (SSSR count). The van der Waals surface area contributed by atoms with Crippen LogP contribution in [0, 0.1) is 0 Å². The van der Waals surface area contributed by atoms with Crippen LogP contribution in [0.2, 0.25) is 0 Å². The second kappa shape index (κ2) is 13.3. The Kier molecular flexibility index (Phi) is 11.1. The molecule has 0 aliphatic heterocycles. The van der Waals surface area contributed by atoms with Crippen molar-refractivity contribution < 1.29 is 23.8 Å². The number of aryl methyl sites for hydroxylation is 1. The van der Waals surface area contributed by atoms with Crippen LogP contribution >= 0.6 is 0 Å². The van der Waals surface area contributed by atoms with E-state index in [4.69, 9.17) is 19.7 Å². The number of alkyl carbamates (subject to hydrolysis) is 1. The third-order valence-electron chi connectivity index (χ3n) is 4.04. The maximum Gasteiger partial charge on any atom is 0.408 e. The Morgan fingerprint density at radius 1 is 1.17 bits per heavy atom. The van der Waals surface area contributed by atoms with Crippen LogP contribution in [-0.4, -0.2) is 44.0 Å². The van der Waals surface area contributed by atoms with E-state index in [1.54, 1.807) is 20.8 Å². The molecular formula is C21H32N4O5. The number of rotatable bonds is 12. The lowest BCUT2D eigenvalue weighted by Crippen LogP contribution is -2.44. The van der Waals surface area contributed by atoms with Gasteiger partial charge in [-0.1, -0.05) is 17.2 Å². The first kappa shape index (κ1) is 25.1. The highest BCUT2D eigenvalue weighted by molar-refractivity contribution is 5.81. The minimum Gasteiger partial charge on any atom is -0.494 e. The van der Waals surface area contributed by atoms with Gasteiger partial charge < -0.3 is 19.5 Å². The van der Waals surface area contributed by atoms with Gasteiger partial charge in [-0.15, -0.1) is 0 Å². The van der Waals surface area contributed by atoms with Crippen LogP contribution in [-0.2, 0) is 20.7 Å².